The van der Waals surface area contributed by atoms with Crippen molar-refractivity contribution in [3.05, 3.63) is 53.1 Å². The maximum absolute atomic E-state index is 12.7. The molecule has 0 unspecified atom stereocenters. The number of ether oxygens (including phenoxy) is 2. The average Bonchev–Trinajstić information content (AvgIpc) is 2.66. The van der Waals surface area contributed by atoms with Crippen LogP contribution in [0, 0.1) is 6.92 Å². The van der Waals surface area contributed by atoms with Gasteiger partial charge in [-0.2, -0.15) is 0 Å². The smallest absolute Gasteiger partial charge is 0.256 e. The molecule has 2 amide bonds. The number of rotatable bonds is 7. The summed E-state index contributed by atoms with van der Waals surface area (Å²) in [5.74, 6) is 0.359. The summed E-state index contributed by atoms with van der Waals surface area (Å²) in [6, 6.07) is 10.1. The molecule has 2 aromatic rings. The van der Waals surface area contributed by atoms with E-state index in [1.165, 1.54) is 14.2 Å². The van der Waals surface area contributed by atoms with E-state index in [-0.39, 0.29) is 24.2 Å². The minimum atomic E-state index is -0.345. The lowest BCUT2D eigenvalue weighted by Gasteiger charge is -2.14. The molecule has 0 heterocycles. The summed E-state index contributed by atoms with van der Waals surface area (Å²) in [7, 11) is 3.04. The zero-order valence-corrected chi connectivity index (χ0v) is 16.3. The van der Waals surface area contributed by atoms with Crippen molar-refractivity contribution in [2.24, 2.45) is 5.73 Å². The predicted molar refractivity (Wildman–Crippen MR) is 107 cm³/mol. The molecule has 0 saturated heterocycles. The third kappa shape index (κ3) is 5.35. The largest absolute Gasteiger partial charge is 0.493 e. The first-order valence-corrected chi connectivity index (χ1v) is 8.13. The quantitative estimate of drug-likeness (QED) is 0.670. The van der Waals surface area contributed by atoms with Crippen LogP contribution < -0.4 is 25.8 Å². The van der Waals surface area contributed by atoms with Gasteiger partial charge in [0.05, 0.1) is 25.5 Å². The Morgan fingerprint density at radius 2 is 1.63 bits per heavy atom. The van der Waals surface area contributed by atoms with Gasteiger partial charge in [0.1, 0.15) is 0 Å². The number of aryl methyl sites for hydroxylation is 1. The first-order chi connectivity index (χ1) is 12.5. The summed E-state index contributed by atoms with van der Waals surface area (Å²) in [5, 5.41) is 5.48. The fourth-order valence-corrected chi connectivity index (χ4v) is 2.49. The van der Waals surface area contributed by atoms with Gasteiger partial charge in [-0.25, -0.2) is 0 Å². The molecule has 0 fully saturated rings. The number of hydrogen-bond donors (Lipinski definition) is 3. The number of anilines is 1. The second-order valence-electron chi connectivity index (χ2n) is 5.57. The fraction of sp³-hybridized carbons (Fsp3) is 0.263. The molecule has 4 N–H and O–H groups in total. The summed E-state index contributed by atoms with van der Waals surface area (Å²) in [6.07, 6.45) is 0. The fourth-order valence-electron chi connectivity index (χ4n) is 2.49. The molecule has 0 aliphatic heterocycles. The van der Waals surface area contributed by atoms with E-state index in [1.807, 2.05) is 0 Å². The first-order valence-electron chi connectivity index (χ1n) is 8.13. The SMILES string of the molecule is COc1cc(C)c(C(=O)Nc2ccccc2C(=O)NCCN)cc1OC.Cl. The number of para-hydroxylation sites is 1. The highest BCUT2D eigenvalue weighted by atomic mass is 35.5. The maximum Gasteiger partial charge on any atom is 0.256 e. The number of carbonyl (C=O) groups excluding carboxylic acids is 2. The summed E-state index contributed by atoms with van der Waals surface area (Å²) in [6.45, 7) is 2.50. The van der Waals surface area contributed by atoms with Crippen molar-refractivity contribution in [1.29, 1.82) is 0 Å². The van der Waals surface area contributed by atoms with Crippen molar-refractivity contribution in [1.82, 2.24) is 5.32 Å². The van der Waals surface area contributed by atoms with Gasteiger partial charge in [0.25, 0.3) is 11.8 Å². The molecule has 0 radical (unpaired) electrons. The van der Waals surface area contributed by atoms with Crippen molar-refractivity contribution in [2.75, 3.05) is 32.6 Å². The maximum atomic E-state index is 12.7. The van der Waals surface area contributed by atoms with Gasteiger partial charge in [0.15, 0.2) is 11.5 Å². The molecule has 0 atom stereocenters. The first kappa shape index (κ1) is 22.3. The summed E-state index contributed by atoms with van der Waals surface area (Å²) >= 11 is 0. The van der Waals surface area contributed by atoms with E-state index in [0.29, 0.717) is 41.4 Å². The average molecular weight is 394 g/mol. The molecule has 0 spiro atoms. The lowest BCUT2D eigenvalue weighted by atomic mass is 10.1. The molecule has 146 valence electrons. The molecule has 27 heavy (non-hydrogen) atoms. The van der Waals surface area contributed by atoms with E-state index < -0.39 is 0 Å². The van der Waals surface area contributed by atoms with E-state index >= 15 is 0 Å². The van der Waals surface area contributed by atoms with Gasteiger partial charge in [0.2, 0.25) is 0 Å². The number of benzene rings is 2. The van der Waals surface area contributed by atoms with Crippen LogP contribution in [0.5, 0.6) is 11.5 Å². The molecule has 7 nitrogen and oxygen atoms in total. The van der Waals surface area contributed by atoms with Crippen LogP contribution in [-0.4, -0.2) is 39.1 Å². The zero-order valence-electron chi connectivity index (χ0n) is 15.5. The number of nitrogens with one attached hydrogen (secondary N) is 2. The van der Waals surface area contributed by atoms with Crippen molar-refractivity contribution >= 4 is 29.9 Å². The molecule has 0 aliphatic carbocycles. The van der Waals surface area contributed by atoms with Crippen molar-refractivity contribution in [3.63, 3.8) is 0 Å². The van der Waals surface area contributed by atoms with Gasteiger partial charge >= 0.3 is 0 Å². The molecule has 0 bridgehead atoms. The Morgan fingerprint density at radius 3 is 2.26 bits per heavy atom. The second-order valence-corrected chi connectivity index (χ2v) is 5.57. The third-order valence-electron chi connectivity index (χ3n) is 3.82. The Bertz CT molecular complexity index is 812. The normalized spacial score (nSPS) is 9.78. The molecular weight excluding hydrogens is 370 g/mol. The van der Waals surface area contributed by atoms with Crippen LogP contribution in [0.25, 0.3) is 0 Å². The standard InChI is InChI=1S/C19H23N3O4.ClH/c1-12-10-16(25-2)17(26-3)11-14(12)19(24)22-15-7-5-4-6-13(15)18(23)21-9-8-20;/h4-7,10-11H,8-9,20H2,1-3H3,(H,21,23)(H,22,24);1H. The van der Waals surface area contributed by atoms with Crippen LogP contribution in [-0.2, 0) is 0 Å². The van der Waals surface area contributed by atoms with Gasteiger partial charge < -0.3 is 25.8 Å². The van der Waals surface area contributed by atoms with E-state index in [0.717, 1.165) is 5.56 Å². The predicted octanol–water partition coefficient (Wildman–Crippen LogP) is 2.37. The second kappa shape index (κ2) is 10.4. The zero-order chi connectivity index (χ0) is 19.1. The van der Waals surface area contributed by atoms with Crippen LogP contribution in [0.1, 0.15) is 26.3 Å². The monoisotopic (exact) mass is 393 g/mol. The van der Waals surface area contributed by atoms with Crippen LogP contribution in [0.2, 0.25) is 0 Å². The Kier molecular flexibility index (Phi) is 8.58. The summed E-state index contributed by atoms with van der Waals surface area (Å²) < 4.78 is 10.5. The Labute approximate surface area is 164 Å². The molecule has 0 aromatic heterocycles. The summed E-state index contributed by atoms with van der Waals surface area (Å²) in [5.41, 5.74) is 7.35. The van der Waals surface area contributed by atoms with Gasteiger partial charge in [0, 0.05) is 18.7 Å². The van der Waals surface area contributed by atoms with Gasteiger partial charge in [-0.15, -0.1) is 12.4 Å². The molecular formula is C19H24ClN3O4. The molecule has 0 saturated carbocycles. The van der Waals surface area contributed by atoms with E-state index in [4.69, 9.17) is 15.2 Å². The van der Waals surface area contributed by atoms with Crippen LogP contribution >= 0.6 is 12.4 Å². The lowest BCUT2D eigenvalue weighted by Crippen LogP contribution is -2.30. The molecule has 2 aromatic carbocycles. The van der Waals surface area contributed by atoms with Crippen LogP contribution in [0.15, 0.2) is 36.4 Å². The van der Waals surface area contributed by atoms with Gasteiger partial charge in [-0.3, -0.25) is 9.59 Å². The number of halogens is 1. The van der Waals surface area contributed by atoms with Crippen LogP contribution in [0.3, 0.4) is 0 Å². The molecule has 0 aliphatic rings. The van der Waals surface area contributed by atoms with Gasteiger partial charge in [-0.1, -0.05) is 12.1 Å². The minimum absolute atomic E-state index is 0. The Balaban J connectivity index is 0.00000364. The van der Waals surface area contributed by atoms with Gasteiger partial charge in [-0.05, 0) is 36.8 Å². The summed E-state index contributed by atoms with van der Waals surface area (Å²) in [4.78, 5) is 25.0. The Hall–Kier alpha value is -2.77. The van der Waals surface area contributed by atoms with Crippen molar-refractivity contribution in [2.45, 2.75) is 6.92 Å². The highest BCUT2D eigenvalue weighted by molar-refractivity contribution is 6.09. The van der Waals surface area contributed by atoms with E-state index in [1.54, 1.807) is 43.3 Å². The van der Waals surface area contributed by atoms with E-state index in [2.05, 4.69) is 10.6 Å². The molecule has 2 rings (SSSR count). The van der Waals surface area contributed by atoms with Crippen molar-refractivity contribution in [3.8, 4) is 11.5 Å². The number of nitrogens with two attached hydrogens (primary N) is 1. The lowest BCUT2D eigenvalue weighted by molar-refractivity contribution is 0.0955. The van der Waals surface area contributed by atoms with E-state index in [9.17, 15) is 9.59 Å². The third-order valence-corrected chi connectivity index (χ3v) is 3.82. The highest BCUT2D eigenvalue weighted by Gasteiger charge is 2.17. The molecule has 8 heteroatoms. The minimum Gasteiger partial charge on any atom is -0.493 e. The topological polar surface area (TPSA) is 103 Å². The van der Waals surface area contributed by atoms with Crippen LogP contribution in [0.4, 0.5) is 5.69 Å². The highest BCUT2D eigenvalue weighted by Crippen LogP contribution is 2.30. The number of carbonyl (C=O) groups is 2. The number of methoxy groups -OCH3 is 2. The van der Waals surface area contributed by atoms with Crippen molar-refractivity contribution < 1.29 is 19.1 Å². The Morgan fingerprint density at radius 1 is 1.00 bits per heavy atom. The number of amides is 2. The number of hydrogen-bond acceptors (Lipinski definition) is 5.